The summed E-state index contributed by atoms with van der Waals surface area (Å²) in [6.45, 7) is 3.94. The van der Waals surface area contributed by atoms with E-state index in [9.17, 15) is 24.3 Å². The molecule has 0 radical (unpaired) electrons. The number of aliphatic hydroxyl groups excluding tert-OH is 1. The van der Waals surface area contributed by atoms with Gasteiger partial charge in [-0.2, -0.15) is 0 Å². The number of nitrogens with one attached hydrogen (secondary N) is 3. The zero-order valence-electron chi connectivity index (χ0n) is 17.7. The van der Waals surface area contributed by atoms with E-state index >= 15 is 0 Å². The van der Waals surface area contributed by atoms with Crippen LogP contribution in [0, 0.1) is 0 Å². The molecule has 2 rings (SSSR count). The minimum atomic E-state index is -1.31. The molecule has 0 saturated carbocycles. The lowest BCUT2D eigenvalue weighted by Crippen LogP contribution is -2.49. The van der Waals surface area contributed by atoms with Crippen molar-refractivity contribution in [1.82, 2.24) is 15.6 Å². The maximum absolute atomic E-state index is 12.4. The number of nitrogens with zero attached hydrogens (tertiary/aromatic N) is 1. The van der Waals surface area contributed by atoms with Crippen molar-refractivity contribution in [2.24, 2.45) is 0 Å². The predicted octanol–water partition coefficient (Wildman–Crippen LogP) is 1.45. The smallest absolute Gasteiger partial charge is 0.412 e. The van der Waals surface area contributed by atoms with Crippen molar-refractivity contribution in [2.75, 3.05) is 18.5 Å². The molecule has 12 heteroatoms. The molecule has 1 heterocycles. The molecule has 0 aliphatic carbocycles. The van der Waals surface area contributed by atoms with E-state index < -0.39 is 48.7 Å². The standard InChI is InChI=1S/C20H24N4O7S/c1-20(2,3)31-19(30)22-12-6-4-11(5-7-12)18-24-14(10-32-18)17(29)23-13(9-25)16(28)21-8-15(26)27/h4-7,10,13,25H,8-9H2,1-3H3,(H,21,28)(H,22,30)(H,23,29)(H,26,27)/t13-/m0/s1. The monoisotopic (exact) mass is 464 g/mol. The van der Waals surface area contributed by atoms with Crippen LogP contribution < -0.4 is 16.0 Å². The van der Waals surface area contributed by atoms with Gasteiger partial charge in [-0.3, -0.25) is 19.7 Å². The summed E-state index contributed by atoms with van der Waals surface area (Å²) in [5, 5.41) is 26.9. The van der Waals surface area contributed by atoms with Gasteiger partial charge in [0.2, 0.25) is 5.91 Å². The number of aromatic nitrogens is 1. The largest absolute Gasteiger partial charge is 0.480 e. The van der Waals surface area contributed by atoms with Gasteiger partial charge in [-0.1, -0.05) is 0 Å². The number of anilines is 1. The van der Waals surface area contributed by atoms with E-state index in [0.717, 1.165) is 0 Å². The molecular weight excluding hydrogens is 440 g/mol. The number of aliphatic hydroxyl groups is 1. The average molecular weight is 465 g/mol. The summed E-state index contributed by atoms with van der Waals surface area (Å²) < 4.78 is 5.19. The van der Waals surface area contributed by atoms with Gasteiger partial charge in [-0.25, -0.2) is 9.78 Å². The average Bonchev–Trinajstić information content (AvgIpc) is 3.19. The van der Waals surface area contributed by atoms with Crippen LogP contribution in [-0.2, 0) is 14.3 Å². The van der Waals surface area contributed by atoms with E-state index in [4.69, 9.17) is 9.84 Å². The number of carbonyl (C=O) groups excluding carboxylic acids is 3. The molecule has 0 saturated heterocycles. The number of carboxylic acids is 1. The van der Waals surface area contributed by atoms with Crippen LogP contribution >= 0.6 is 11.3 Å². The molecule has 1 aromatic carbocycles. The number of amides is 3. The number of hydrogen-bond acceptors (Lipinski definition) is 8. The molecule has 11 nitrogen and oxygen atoms in total. The Balaban J connectivity index is 2.00. The van der Waals surface area contributed by atoms with Crippen molar-refractivity contribution < 1.29 is 34.1 Å². The van der Waals surface area contributed by atoms with Crippen LogP contribution in [0.2, 0.25) is 0 Å². The van der Waals surface area contributed by atoms with Crippen molar-refractivity contribution in [1.29, 1.82) is 0 Å². The van der Waals surface area contributed by atoms with Crippen LogP contribution in [0.3, 0.4) is 0 Å². The Bertz CT molecular complexity index is 983. The summed E-state index contributed by atoms with van der Waals surface area (Å²) in [6, 6.07) is 5.43. The summed E-state index contributed by atoms with van der Waals surface area (Å²) >= 11 is 1.19. The maximum Gasteiger partial charge on any atom is 0.412 e. The predicted molar refractivity (Wildman–Crippen MR) is 116 cm³/mol. The van der Waals surface area contributed by atoms with E-state index in [2.05, 4.69) is 20.9 Å². The molecule has 5 N–H and O–H groups in total. The van der Waals surface area contributed by atoms with Gasteiger partial charge >= 0.3 is 12.1 Å². The first-order valence-electron chi connectivity index (χ1n) is 9.45. The summed E-state index contributed by atoms with van der Waals surface area (Å²) in [4.78, 5) is 50.8. The van der Waals surface area contributed by atoms with Gasteiger partial charge < -0.3 is 25.6 Å². The Morgan fingerprint density at radius 1 is 1.16 bits per heavy atom. The lowest BCUT2D eigenvalue weighted by atomic mass is 10.2. The first-order chi connectivity index (χ1) is 15.0. The highest BCUT2D eigenvalue weighted by Gasteiger charge is 2.22. The maximum atomic E-state index is 12.4. The van der Waals surface area contributed by atoms with Crippen LogP contribution in [0.25, 0.3) is 10.6 Å². The van der Waals surface area contributed by atoms with Gasteiger partial charge in [0.25, 0.3) is 5.91 Å². The van der Waals surface area contributed by atoms with Gasteiger partial charge in [0.05, 0.1) is 6.61 Å². The third-order valence-electron chi connectivity index (χ3n) is 3.73. The highest BCUT2D eigenvalue weighted by atomic mass is 32.1. The number of ether oxygens (including phenoxy) is 1. The topological polar surface area (TPSA) is 167 Å². The number of carbonyl (C=O) groups is 4. The Hall–Kier alpha value is -3.51. The SMILES string of the molecule is CC(C)(C)OC(=O)Nc1ccc(-c2nc(C(=O)N[C@@H](CO)C(=O)NCC(=O)O)cs2)cc1. The van der Waals surface area contributed by atoms with Gasteiger partial charge in [0.1, 0.15) is 28.9 Å². The van der Waals surface area contributed by atoms with Crippen LogP contribution in [0.15, 0.2) is 29.6 Å². The lowest BCUT2D eigenvalue weighted by Gasteiger charge is -2.19. The molecule has 172 valence electrons. The number of thiazole rings is 1. The fourth-order valence-electron chi connectivity index (χ4n) is 2.34. The Morgan fingerprint density at radius 3 is 2.38 bits per heavy atom. The second-order valence-corrected chi connectivity index (χ2v) is 8.42. The Kier molecular flexibility index (Phi) is 8.27. The van der Waals surface area contributed by atoms with Crippen LogP contribution in [-0.4, -0.2) is 63.9 Å². The van der Waals surface area contributed by atoms with E-state index in [1.165, 1.54) is 16.7 Å². The normalized spacial score (nSPS) is 11.9. The van der Waals surface area contributed by atoms with Gasteiger partial charge in [-0.15, -0.1) is 11.3 Å². The van der Waals surface area contributed by atoms with Gasteiger partial charge in [0, 0.05) is 16.6 Å². The van der Waals surface area contributed by atoms with Gasteiger partial charge in [-0.05, 0) is 45.0 Å². The molecule has 2 aromatic rings. The number of aliphatic carboxylic acids is 1. The molecule has 0 fully saturated rings. The summed E-state index contributed by atoms with van der Waals surface area (Å²) in [6.07, 6.45) is -0.579. The molecule has 0 unspecified atom stereocenters. The Labute approximate surface area is 187 Å². The van der Waals surface area contributed by atoms with Gasteiger partial charge in [0.15, 0.2) is 0 Å². The summed E-state index contributed by atoms with van der Waals surface area (Å²) in [5.41, 5.74) is 0.635. The van der Waals surface area contributed by atoms with Crippen LogP contribution in [0.1, 0.15) is 31.3 Å². The van der Waals surface area contributed by atoms with Crippen LogP contribution in [0.4, 0.5) is 10.5 Å². The van der Waals surface area contributed by atoms with E-state index in [1.54, 1.807) is 45.0 Å². The van der Waals surface area contributed by atoms with Crippen molar-refractivity contribution in [3.63, 3.8) is 0 Å². The second-order valence-electron chi connectivity index (χ2n) is 7.56. The third-order valence-corrected chi connectivity index (χ3v) is 4.62. The van der Waals surface area contributed by atoms with E-state index in [1.807, 2.05) is 0 Å². The number of rotatable bonds is 8. The minimum absolute atomic E-state index is 0.0328. The zero-order valence-corrected chi connectivity index (χ0v) is 18.5. The second kappa shape index (κ2) is 10.7. The molecule has 1 aromatic heterocycles. The fourth-order valence-corrected chi connectivity index (χ4v) is 3.15. The molecule has 1 atom stereocenters. The van der Waals surface area contributed by atoms with Crippen molar-refractivity contribution in [3.8, 4) is 10.6 Å². The highest BCUT2D eigenvalue weighted by molar-refractivity contribution is 7.13. The molecule has 0 aliphatic rings. The molecule has 3 amide bonds. The summed E-state index contributed by atoms with van der Waals surface area (Å²) in [5.74, 6) is -2.77. The number of benzene rings is 1. The van der Waals surface area contributed by atoms with Crippen molar-refractivity contribution >= 4 is 40.9 Å². The van der Waals surface area contributed by atoms with E-state index in [0.29, 0.717) is 16.3 Å². The highest BCUT2D eigenvalue weighted by Crippen LogP contribution is 2.25. The molecule has 0 bridgehead atoms. The minimum Gasteiger partial charge on any atom is -0.480 e. The first-order valence-corrected chi connectivity index (χ1v) is 10.3. The molecule has 0 aliphatic heterocycles. The van der Waals surface area contributed by atoms with Crippen molar-refractivity contribution in [2.45, 2.75) is 32.4 Å². The summed E-state index contributed by atoms with van der Waals surface area (Å²) in [7, 11) is 0. The number of carboxylic acid groups (broad SMARTS) is 1. The Morgan fingerprint density at radius 2 is 1.81 bits per heavy atom. The molecular formula is C20H24N4O7S. The number of hydrogen-bond donors (Lipinski definition) is 5. The fraction of sp³-hybridized carbons (Fsp3) is 0.350. The lowest BCUT2D eigenvalue weighted by molar-refractivity contribution is -0.138. The molecule has 32 heavy (non-hydrogen) atoms. The quantitative estimate of drug-likeness (QED) is 0.391. The third kappa shape index (κ3) is 7.63. The molecule has 0 spiro atoms. The van der Waals surface area contributed by atoms with Crippen LogP contribution in [0.5, 0.6) is 0 Å². The zero-order chi connectivity index (χ0) is 23.9. The van der Waals surface area contributed by atoms with E-state index in [-0.39, 0.29) is 5.69 Å². The first kappa shape index (κ1) is 24.8. The van der Waals surface area contributed by atoms with Crippen molar-refractivity contribution in [3.05, 3.63) is 35.3 Å².